The first-order valence-corrected chi connectivity index (χ1v) is 13.8. The van der Waals surface area contributed by atoms with Crippen molar-refractivity contribution in [1.82, 2.24) is 14.1 Å². The van der Waals surface area contributed by atoms with Gasteiger partial charge in [-0.1, -0.05) is 30.3 Å². The molecule has 38 heavy (non-hydrogen) atoms. The van der Waals surface area contributed by atoms with Gasteiger partial charge in [-0.25, -0.2) is 31.2 Å². The lowest BCUT2D eigenvalue weighted by Crippen LogP contribution is -2.24. The van der Waals surface area contributed by atoms with E-state index in [9.17, 15) is 39.9 Å². The van der Waals surface area contributed by atoms with E-state index in [1.807, 2.05) is 0 Å². The lowest BCUT2D eigenvalue weighted by atomic mass is 10.2. The molecule has 0 aliphatic rings. The van der Waals surface area contributed by atoms with Crippen LogP contribution in [-0.4, -0.2) is 41.6 Å². The molecule has 10 nitrogen and oxygen atoms in total. The number of aromatic nitrogens is 3. The summed E-state index contributed by atoms with van der Waals surface area (Å²) >= 11 is 0. The summed E-state index contributed by atoms with van der Waals surface area (Å²) in [7, 11) is -9.36. The van der Waals surface area contributed by atoms with Crippen molar-refractivity contribution in [2.75, 3.05) is 4.72 Å². The van der Waals surface area contributed by atoms with Crippen LogP contribution >= 0.6 is 0 Å². The molecule has 2 aromatic heterocycles. The fraction of sp³-hybridized carbons (Fsp3) is 0.130. The van der Waals surface area contributed by atoms with Crippen LogP contribution < -0.4 is 10.4 Å². The molecular formula is C23H19F3N4O6S2. The van der Waals surface area contributed by atoms with Crippen molar-refractivity contribution < 1.29 is 35.1 Å². The van der Waals surface area contributed by atoms with Gasteiger partial charge in [-0.15, -0.1) is 0 Å². The van der Waals surface area contributed by atoms with Crippen LogP contribution in [0.2, 0.25) is 0 Å². The Bertz CT molecular complexity index is 1730. The fourth-order valence-corrected chi connectivity index (χ4v) is 5.45. The lowest BCUT2D eigenvalue weighted by molar-refractivity contribution is -0.0436. The number of benzene rings is 2. The second-order valence-electron chi connectivity index (χ2n) is 8.07. The zero-order valence-corrected chi connectivity index (χ0v) is 20.8. The molecule has 0 amide bonds. The second-order valence-corrected chi connectivity index (χ2v) is 11.7. The first-order chi connectivity index (χ1) is 17.8. The Morgan fingerprint density at radius 2 is 1.58 bits per heavy atom. The number of alkyl halides is 3. The summed E-state index contributed by atoms with van der Waals surface area (Å²) in [5, 5.41) is 10.3. The normalized spacial score (nSPS) is 12.4. The van der Waals surface area contributed by atoms with E-state index in [1.54, 1.807) is 30.3 Å². The number of hydrogen-bond acceptors (Lipinski definition) is 7. The minimum Gasteiger partial charge on any atom is -0.493 e. The summed E-state index contributed by atoms with van der Waals surface area (Å²) in [6.45, 7) is -0.115. The highest BCUT2D eigenvalue weighted by Crippen LogP contribution is 2.30. The van der Waals surface area contributed by atoms with Crippen LogP contribution in [0.5, 0.6) is 5.88 Å². The van der Waals surface area contributed by atoms with Crippen LogP contribution in [0.25, 0.3) is 5.69 Å². The molecule has 0 fully saturated rings. The molecule has 200 valence electrons. The predicted molar refractivity (Wildman–Crippen MR) is 131 cm³/mol. The Balaban J connectivity index is 1.55. The maximum absolute atomic E-state index is 12.9. The number of sulfonamides is 1. The van der Waals surface area contributed by atoms with Gasteiger partial charge < -0.3 is 5.11 Å². The zero-order valence-electron chi connectivity index (χ0n) is 19.2. The van der Waals surface area contributed by atoms with Gasteiger partial charge >= 0.3 is 11.2 Å². The Labute approximate surface area is 214 Å². The van der Waals surface area contributed by atoms with Gasteiger partial charge in [0.2, 0.25) is 15.9 Å². The molecule has 15 heteroatoms. The lowest BCUT2D eigenvalue weighted by Gasteiger charge is -2.09. The van der Waals surface area contributed by atoms with Gasteiger partial charge in [0.1, 0.15) is 5.82 Å². The minimum atomic E-state index is -5.58. The monoisotopic (exact) mass is 568 g/mol. The molecule has 2 heterocycles. The molecule has 0 radical (unpaired) electrons. The molecule has 0 saturated carbocycles. The van der Waals surface area contributed by atoms with Gasteiger partial charge in [-0.2, -0.15) is 13.2 Å². The summed E-state index contributed by atoms with van der Waals surface area (Å²) in [5.41, 5.74) is -5.32. The van der Waals surface area contributed by atoms with Crippen molar-refractivity contribution in [3.63, 3.8) is 0 Å². The number of nitrogens with zero attached hydrogens (tertiary/aromatic N) is 3. The number of anilines is 1. The fourth-order valence-electron chi connectivity index (χ4n) is 3.56. The van der Waals surface area contributed by atoms with E-state index in [-0.39, 0.29) is 23.8 Å². The van der Waals surface area contributed by atoms with Crippen LogP contribution in [0.1, 0.15) is 11.1 Å². The van der Waals surface area contributed by atoms with E-state index in [0.29, 0.717) is 23.3 Å². The number of imidazole rings is 1. The van der Waals surface area contributed by atoms with E-state index in [4.69, 9.17) is 0 Å². The van der Waals surface area contributed by atoms with Crippen LogP contribution in [0.4, 0.5) is 19.0 Å². The molecule has 2 aromatic carbocycles. The molecule has 4 aromatic rings. The summed E-state index contributed by atoms with van der Waals surface area (Å²) in [4.78, 5) is 15.9. The quantitative estimate of drug-likeness (QED) is 0.333. The van der Waals surface area contributed by atoms with E-state index < -0.39 is 41.8 Å². The molecule has 0 saturated heterocycles. The first-order valence-electron chi connectivity index (χ1n) is 10.7. The van der Waals surface area contributed by atoms with Gasteiger partial charge in [0, 0.05) is 6.20 Å². The van der Waals surface area contributed by atoms with Gasteiger partial charge in [0.25, 0.3) is 9.84 Å². The minimum absolute atomic E-state index is 0.0107. The Morgan fingerprint density at radius 1 is 0.921 bits per heavy atom. The van der Waals surface area contributed by atoms with Crippen molar-refractivity contribution in [3.8, 4) is 11.6 Å². The first kappa shape index (κ1) is 26.9. The third kappa shape index (κ3) is 5.73. The highest BCUT2D eigenvalue weighted by atomic mass is 32.2. The Morgan fingerprint density at radius 3 is 2.21 bits per heavy atom. The average molecular weight is 569 g/mol. The molecule has 0 unspecified atom stereocenters. The molecular weight excluding hydrogens is 549 g/mol. The number of halogens is 3. The van der Waals surface area contributed by atoms with Crippen LogP contribution in [0.3, 0.4) is 0 Å². The molecule has 0 aliphatic heterocycles. The second kappa shape index (κ2) is 9.98. The maximum atomic E-state index is 12.9. The summed E-state index contributed by atoms with van der Waals surface area (Å²) < 4.78 is 90.6. The Kier molecular flexibility index (Phi) is 7.08. The smallest absolute Gasteiger partial charge is 0.493 e. The van der Waals surface area contributed by atoms with Crippen molar-refractivity contribution >= 4 is 25.7 Å². The molecule has 2 N–H and O–H groups in total. The van der Waals surface area contributed by atoms with Crippen molar-refractivity contribution in [1.29, 1.82) is 0 Å². The van der Waals surface area contributed by atoms with E-state index in [0.717, 1.165) is 27.5 Å². The van der Waals surface area contributed by atoms with Crippen molar-refractivity contribution in [2.45, 2.75) is 22.7 Å². The molecule has 4 rings (SSSR count). The average Bonchev–Trinajstić information content (AvgIpc) is 3.11. The SMILES string of the molecule is O=c1n(Cc2ccnc(NS(=O)(=O)Cc3ccccc3)c2)cc(O)n1-c1ccc(S(=O)(=O)C(F)(F)F)cc1. The summed E-state index contributed by atoms with van der Waals surface area (Å²) in [6.07, 6.45) is 2.40. The molecule has 0 atom stereocenters. The number of hydrogen-bond donors (Lipinski definition) is 2. The van der Waals surface area contributed by atoms with E-state index in [1.165, 1.54) is 18.3 Å². The highest BCUT2D eigenvalue weighted by molar-refractivity contribution is 7.92. The largest absolute Gasteiger partial charge is 0.501 e. The highest BCUT2D eigenvalue weighted by Gasteiger charge is 2.46. The zero-order chi connectivity index (χ0) is 27.7. The molecule has 0 spiro atoms. The number of rotatable bonds is 8. The van der Waals surface area contributed by atoms with Crippen LogP contribution in [0.15, 0.2) is 88.8 Å². The number of aromatic hydroxyl groups is 1. The van der Waals surface area contributed by atoms with Gasteiger partial charge in [0.05, 0.1) is 29.1 Å². The van der Waals surface area contributed by atoms with Crippen LogP contribution in [0, 0.1) is 0 Å². The molecule has 0 aliphatic carbocycles. The topological polar surface area (TPSA) is 140 Å². The number of pyridine rings is 1. The van der Waals surface area contributed by atoms with E-state index >= 15 is 0 Å². The predicted octanol–water partition coefficient (Wildman–Crippen LogP) is 3.02. The summed E-state index contributed by atoms with van der Waals surface area (Å²) in [6, 6.07) is 14.7. The van der Waals surface area contributed by atoms with Crippen molar-refractivity contribution in [3.05, 3.63) is 101 Å². The third-order valence-corrected chi connectivity index (χ3v) is 8.02. The van der Waals surface area contributed by atoms with E-state index in [2.05, 4.69) is 9.71 Å². The third-order valence-electron chi connectivity index (χ3n) is 5.28. The van der Waals surface area contributed by atoms with Crippen molar-refractivity contribution in [2.24, 2.45) is 0 Å². The van der Waals surface area contributed by atoms with Crippen LogP contribution in [-0.2, 0) is 32.2 Å². The number of sulfone groups is 1. The van der Waals surface area contributed by atoms with Gasteiger partial charge in [0.15, 0.2) is 0 Å². The van der Waals surface area contributed by atoms with Gasteiger partial charge in [-0.3, -0.25) is 9.29 Å². The number of nitrogens with one attached hydrogen (secondary N) is 1. The Hall–Kier alpha value is -4.11. The molecule has 0 bridgehead atoms. The summed E-state index contributed by atoms with van der Waals surface area (Å²) in [5.74, 6) is -0.824. The maximum Gasteiger partial charge on any atom is 0.501 e. The standard InChI is InChI=1S/C23H19F3N4O6S2/c24-23(25,26)38(35,36)19-8-6-18(7-9-19)30-21(31)14-29(22(30)32)13-17-10-11-27-20(12-17)28-37(33,34)15-16-4-2-1-3-5-16/h1-12,14,31H,13,15H2,(H,27,28). The van der Waals surface area contributed by atoms with Gasteiger partial charge in [-0.05, 0) is 47.5 Å².